The van der Waals surface area contributed by atoms with Gasteiger partial charge in [0.1, 0.15) is 5.75 Å². The van der Waals surface area contributed by atoms with E-state index in [4.69, 9.17) is 0 Å². The molecular formula is C11H9NO5S. The van der Waals surface area contributed by atoms with Crippen molar-refractivity contribution >= 4 is 9.84 Å². The summed E-state index contributed by atoms with van der Waals surface area (Å²) in [5.74, 6) is -1.68. The van der Waals surface area contributed by atoms with E-state index in [1.54, 1.807) is 6.07 Å². The highest BCUT2D eigenvalue weighted by Gasteiger charge is 2.26. The molecule has 6 nitrogen and oxygen atoms in total. The molecule has 1 heterocycles. The van der Waals surface area contributed by atoms with Crippen molar-refractivity contribution in [1.82, 2.24) is 4.98 Å². The molecule has 94 valence electrons. The third-order valence-electron chi connectivity index (χ3n) is 2.28. The summed E-state index contributed by atoms with van der Waals surface area (Å²) in [6.07, 6.45) is 0. The van der Waals surface area contributed by atoms with E-state index in [1.165, 1.54) is 24.3 Å². The van der Waals surface area contributed by atoms with Gasteiger partial charge in [0.25, 0.3) is 5.56 Å². The lowest BCUT2D eigenvalue weighted by atomic mass is 10.4. The Labute approximate surface area is 102 Å². The molecule has 0 atom stereocenters. The molecule has 0 spiro atoms. The molecule has 0 unspecified atom stereocenters. The van der Waals surface area contributed by atoms with Crippen molar-refractivity contribution in [3.8, 4) is 11.6 Å². The summed E-state index contributed by atoms with van der Waals surface area (Å²) in [6.45, 7) is 0. The largest absolute Gasteiger partial charge is 0.506 e. The summed E-state index contributed by atoms with van der Waals surface area (Å²) < 4.78 is 24.3. The van der Waals surface area contributed by atoms with Crippen LogP contribution in [0.15, 0.2) is 51.0 Å². The van der Waals surface area contributed by atoms with Crippen molar-refractivity contribution in [1.29, 1.82) is 0 Å². The number of hydrogen-bond acceptors (Lipinski definition) is 5. The second-order valence-electron chi connectivity index (χ2n) is 3.51. The van der Waals surface area contributed by atoms with Gasteiger partial charge in [-0.25, -0.2) is 8.42 Å². The van der Waals surface area contributed by atoms with E-state index in [1.807, 2.05) is 4.98 Å². The summed E-state index contributed by atoms with van der Waals surface area (Å²) in [5, 5.41) is 19.0. The summed E-state index contributed by atoms with van der Waals surface area (Å²) >= 11 is 0. The zero-order valence-electron chi connectivity index (χ0n) is 8.99. The molecule has 0 saturated carbocycles. The van der Waals surface area contributed by atoms with E-state index in [0.29, 0.717) is 6.07 Å². The van der Waals surface area contributed by atoms with E-state index < -0.39 is 31.9 Å². The maximum Gasteiger partial charge on any atom is 0.254 e. The highest BCUT2D eigenvalue weighted by atomic mass is 32.2. The fourth-order valence-corrected chi connectivity index (χ4v) is 2.89. The van der Waals surface area contributed by atoms with Crippen molar-refractivity contribution in [2.45, 2.75) is 9.79 Å². The summed E-state index contributed by atoms with van der Waals surface area (Å²) in [4.78, 5) is 12.1. The minimum Gasteiger partial charge on any atom is -0.506 e. The van der Waals surface area contributed by atoms with Gasteiger partial charge in [0.2, 0.25) is 15.7 Å². The standard InChI is InChI=1S/C11H9NO5S/c13-8-6-9(14)12-11(15)10(8)18(16,17)7-4-2-1-3-5-7/h1-6H,(H3,12,13,14,15). The first-order valence-electron chi connectivity index (χ1n) is 4.88. The van der Waals surface area contributed by atoms with Crippen molar-refractivity contribution in [2.75, 3.05) is 0 Å². The normalized spacial score (nSPS) is 11.3. The molecule has 0 radical (unpaired) electrons. The van der Waals surface area contributed by atoms with Gasteiger partial charge in [-0.15, -0.1) is 0 Å². The topological polar surface area (TPSA) is 107 Å². The zero-order chi connectivity index (χ0) is 13.3. The Morgan fingerprint density at radius 1 is 1.06 bits per heavy atom. The van der Waals surface area contributed by atoms with E-state index in [2.05, 4.69) is 0 Å². The second-order valence-corrected chi connectivity index (χ2v) is 5.40. The Bertz CT molecular complexity index is 708. The minimum atomic E-state index is -4.09. The van der Waals surface area contributed by atoms with Crippen LogP contribution in [0.5, 0.6) is 11.6 Å². The molecule has 0 aliphatic carbocycles. The first-order chi connectivity index (χ1) is 8.43. The number of nitrogens with one attached hydrogen (secondary N) is 1. The predicted molar refractivity (Wildman–Crippen MR) is 62.3 cm³/mol. The Balaban J connectivity index is 2.74. The molecule has 2 aromatic rings. The maximum absolute atomic E-state index is 12.1. The molecule has 1 aromatic heterocycles. The van der Waals surface area contributed by atoms with Crippen LogP contribution in [0.2, 0.25) is 0 Å². The van der Waals surface area contributed by atoms with E-state index >= 15 is 0 Å². The van der Waals surface area contributed by atoms with Crippen LogP contribution in [0.3, 0.4) is 0 Å². The van der Waals surface area contributed by atoms with Crippen molar-refractivity contribution < 1.29 is 18.6 Å². The number of aromatic hydroxyl groups is 2. The second kappa shape index (κ2) is 4.19. The Kier molecular flexibility index (Phi) is 2.84. The average Bonchev–Trinajstić information content (AvgIpc) is 2.28. The molecular weight excluding hydrogens is 258 g/mol. The van der Waals surface area contributed by atoms with Crippen LogP contribution in [0.1, 0.15) is 0 Å². The predicted octanol–water partition coefficient (Wildman–Crippen LogP) is 0.619. The van der Waals surface area contributed by atoms with Gasteiger partial charge in [0, 0.05) is 6.07 Å². The van der Waals surface area contributed by atoms with Crippen LogP contribution in [-0.4, -0.2) is 23.6 Å². The number of sulfone groups is 1. The van der Waals surface area contributed by atoms with Crippen LogP contribution < -0.4 is 5.56 Å². The highest BCUT2D eigenvalue weighted by molar-refractivity contribution is 7.91. The molecule has 0 fully saturated rings. The average molecular weight is 267 g/mol. The SMILES string of the molecule is O=c1cc(O)c(S(=O)(=O)c2ccccc2)c(O)[nH]1. The lowest BCUT2D eigenvalue weighted by molar-refractivity contribution is 0.406. The number of aromatic amines is 1. The van der Waals surface area contributed by atoms with Gasteiger partial charge in [-0.05, 0) is 12.1 Å². The third kappa shape index (κ3) is 1.95. The van der Waals surface area contributed by atoms with E-state index in [-0.39, 0.29) is 4.90 Å². The molecule has 0 bridgehead atoms. The van der Waals surface area contributed by atoms with Crippen LogP contribution in [0, 0.1) is 0 Å². The molecule has 7 heteroatoms. The monoisotopic (exact) mass is 267 g/mol. The number of rotatable bonds is 2. The number of aromatic nitrogens is 1. The van der Waals surface area contributed by atoms with Crippen LogP contribution >= 0.6 is 0 Å². The van der Waals surface area contributed by atoms with Gasteiger partial charge in [-0.3, -0.25) is 9.78 Å². The molecule has 1 aromatic carbocycles. The first kappa shape index (κ1) is 12.2. The smallest absolute Gasteiger partial charge is 0.254 e. The number of benzene rings is 1. The Morgan fingerprint density at radius 3 is 2.22 bits per heavy atom. The minimum absolute atomic E-state index is 0.0948. The van der Waals surface area contributed by atoms with Gasteiger partial charge < -0.3 is 10.2 Å². The van der Waals surface area contributed by atoms with Crippen molar-refractivity contribution in [2.24, 2.45) is 0 Å². The fourth-order valence-electron chi connectivity index (χ4n) is 1.50. The molecule has 0 aliphatic rings. The maximum atomic E-state index is 12.1. The molecule has 0 amide bonds. The van der Waals surface area contributed by atoms with Gasteiger partial charge >= 0.3 is 0 Å². The lowest BCUT2D eigenvalue weighted by Crippen LogP contribution is -2.09. The van der Waals surface area contributed by atoms with Gasteiger partial charge in [0.15, 0.2) is 4.90 Å². The van der Waals surface area contributed by atoms with Crippen LogP contribution in [0.25, 0.3) is 0 Å². The molecule has 0 saturated heterocycles. The Morgan fingerprint density at radius 2 is 1.67 bits per heavy atom. The number of pyridine rings is 1. The van der Waals surface area contributed by atoms with Gasteiger partial charge in [-0.2, -0.15) is 0 Å². The number of hydrogen-bond donors (Lipinski definition) is 3. The summed E-state index contributed by atoms with van der Waals surface area (Å²) in [6, 6.07) is 7.97. The lowest BCUT2D eigenvalue weighted by Gasteiger charge is -2.07. The molecule has 0 aliphatic heterocycles. The first-order valence-corrected chi connectivity index (χ1v) is 6.36. The van der Waals surface area contributed by atoms with Crippen molar-refractivity contribution in [3.05, 3.63) is 46.8 Å². The Hall–Kier alpha value is -2.28. The van der Waals surface area contributed by atoms with Crippen molar-refractivity contribution in [3.63, 3.8) is 0 Å². The van der Waals surface area contributed by atoms with Crippen LogP contribution in [-0.2, 0) is 9.84 Å². The quantitative estimate of drug-likeness (QED) is 0.739. The van der Waals surface area contributed by atoms with E-state index in [0.717, 1.165) is 0 Å². The summed E-state index contributed by atoms with van der Waals surface area (Å²) in [5.41, 5.74) is -0.794. The highest BCUT2D eigenvalue weighted by Crippen LogP contribution is 2.32. The molecule has 2 rings (SSSR count). The van der Waals surface area contributed by atoms with Gasteiger partial charge in [-0.1, -0.05) is 18.2 Å². The van der Waals surface area contributed by atoms with Gasteiger partial charge in [0.05, 0.1) is 4.90 Å². The summed E-state index contributed by atoms with van der Waals surface area (Å²) in [7, 11) is -4.09. The third-order valence-corrected chi connectivity index (χ3v) is 4.11. The molecule has 18 heavy (non-hydrogen) atoms. The number of H-pyrrole nitrogens is 1. The van der Waals surface area contributed by atoms with E-state index in [9.17, 15) is 23.4 Å². The van der Waals surface area contributed by atoms with Crippen LogP contribution in [0.4, 0.5) is 0 Å². The fraction of sp³-hybridized carbons (Fsp3) is 0. The zero-order valence-corrected chi connectivity index (χ0v) is 9.81. The molecule has 3 N–H and O–H groups in total.